The van der Waals surface area contributed by atoms with Crippen molar-refractivity contribution in [2.45, 2.75) is 44.7 Å². The van der Waals surface area contributed by atoms with E-state index < -0.39 is 0 Å². The molecule has 0 aromatic heterocycles. The zero-order chi connectivity index (χ0) is 14.1. The number of halogens is 2. The van der Waals surface area contributed by atoms with Gasteiger partial charge in [-0.05, 0) is 101 Å². The van der Waals surface area contributed by atoms with Crippen LogP contribution in [0.3, 0.4) is 0 Å². The number of amidine groups is 1. The molecule has 1 aromatic rings. The largest absolute Gasteiger partial charge is 0.352 e. The van der Waals surface area contributed by atoms with Crippen molar-refractivity contribution in [3.8, 4) is 0 Å². The maximum absolute atomic E-state index is 5.18. The van der Waals surface area contributed by atoms with Crippen molar-refractivity contribution in [1.82, 2.24) is 4.90 Å². The molecule has 4 fully saturated rings. The standard InChI is InChI=1S/C17H18I2N2/c18-12-6-15(19)14-8-21-13-4-9-1-10(5-13)3-11(2-9)17(21)20-16(14)7-12/h6-7,9-11,13H,1-5,8H2/t9-,10-,11?,13?/m0/s1. The summed E-state index contributed by atoms with van der Waals surface area (Å²) >= 11 is 4.91. The third-order valence-electron chi connectivity index (χ3n) is 5.91. The van der Waals surface area contributed by atoms with Crippen LogP contribution in [0.1, 0.15) is 37.7 Å². The Bertz CT molecular complexity index is 640. The molecule has 3 aliphatic heterocycles. The minimum Gasteiger partial charge on any atom is -0.352 e. The van der Waals surface area contributed by atoms with Crippen molar-refractivity contribution in [2.75, 3.05) is 0 Å². The molecule has 1 aromatic carbocycles. The highest BCUT2D eigenvalue weighted by molar-refractivity contribution is 14.1. The van der Waals surface area contributed by atoms with Crippen molar-refractivity contribution in [1.29, 1.82) is 0 Å². The van der Waals surface area contributed by atoms with Crippen LogP contribution in [0.25, 0.3) is 0 Å². The van der Waals surface area contributed by atoms with Crippen LogP contribution in [-0.2, 0) is 6.54 Å². The van der Waals surface area contributed by atoms with Crippen LogP contribution in [0.5, 0.6) is 0 Å². The maximum Gasteiger partial charge on any atom is 0.108 e. The van der Waals surface area contributed by atoms with Crippen molar-refractivity contribution in [3.63, 3.8) is 0 Å². The molecule has 0 spiro atoms. The molecule has 0 unspecified atom stereocenters. The van der Waals surface area contributed by atoms with Crippen LogP contribution >= 0.6 is 45.2 Å². The topological polar surface area (TPSA) is 15.6 Å². The summed E-state index contributed by atoms with van der Waals surface area (Å²) < 4.78 is 2.70. The van der Waals surface area contributed by atoms with E-state index in [4.69, 9.17) is 4.99 Å². The molecule has 6 rings (SSSR count). The number of nitrogens with zero attached hydrogens (tertiary/aromatic N) is 2. The summed E-state index contributed by atoms with van der Waals surface area (Å²) in [6, 6.07) is 5.34. The first-order valence-corrected chi connectivity index (χ1v) is 10.2. The van der Waals surface area contributed by atoms with E-state index in [1.807, 2.05) is 0 Å². The number of hydrogen-bond donors (Lipinski definition) is 0. The smallest absolute Gasteiger partial charge is 0.108 e. The SMILES string of the molecule is Ic1cc(I)c2c(c1)N=C1C3C[C@H]4CC(C[C@H](C3)C4)N1C2. The summed E-state index contributed by atoms with van der Waals surface area (Å²) in [7, 11) is 0. The monoisotopic (exact) mass is 504 g/mol. The molecule has 3 heterocycles. The first kappa shape index (κ1) is 13.6. The predicted molar refractivity (Wildman–Crippen MR) is 102 cm³/mol. The van der Waals surface area contributed by atoms with Crippen LogP contribution in [0.15, 0.2) is 17.1 Å². The van der Waals surface area contributed by atoms with Crippen LogP contribution in [0.4, 0.5) is 5.69 Å². The fourth-order valence-electron chi connectivity index (χ4n) is 5.21. The van der Waals surface area contributed by atoms with E-state index in [2.05, 4.69) is 62.2 Å². The van der Waals surface area contributed by atoms with Crippen LogP contribution < -0.4 is 0 Å². The van der Waals surface area contributed by atoms with E-state index in [1.54, 1.807) is 0 Å². The third-order valence-corrected chi connectivity index (χ3v) is 7.50. The lowest BCUT2D eigenvalue weighted by molar-refractivity contribution is 0.128. The van der Waals surface area contributed by atoms with Crippen molar-refractivity contribution < 1.29 is 0 Å². The van der Waals surface area contributed by atoms with Gasteiger partial charge in [0.25, 0.3) is 0 Å². The number of aliphatic imine (C=N–C) groups is 1. The van der Waals surface area contributed by atoms with E-state index in [-0.39, 0.29) is 0 Å². The predicted octanol–water partition coefficient (Wildman–Crippen LogP) is 4.95. The number of hydrogen-bond acceptors (Lipinski definition) is 2. The minimum absolute atomic E-state index is 0.741. The first-order valence-electron chi connectivity index (χ1n) is 8.00. The van der Waals surface area contributed by atoms with Gasteiger partial charge >= 0.3 is 0 Å². The second-order valence-electron chi connectivity index (χ2n) is 7.24. The van der Waals surface area contributed by atoms with E-state index in [9.17, 15) is 0 Å². The Morgan fingerprint density at radius 1 is 1.00 bits per heavy atom. The molecule has 2 saturated heterocycles. The molecule has 5 aliphatic rings. The van der Waals surface area contributed by atoms with E-state index >= 15 is 0 Å². The Kier molecular flexibility index (Phi) is 3.12. The van der Waals surface area contributed by atoms with Gasteiger partial charge in [-0.3, -0.25) is 0 Å². The quantitative estimate of drug-likeness (QED) is 0.457. The maximum atomic E-state index is 5.18. The van der Waals surface area contributed by atoms with Gasteiger partial charge in [-0.2, -0.15) is 0 Å². The summed E-state index contributed by atoms with van der Waals surface area (Å²) in [4.78, 5) is 7.88. The molecule has 2 atom stereocenters. The van der Waals surface area contributed by atoms with Crippen molar-refractivity contribution in [2.24, 2.45) is 22.7 Å². The lowest BCUT2D eigenvalue weighted by atomic mass is 9.68. The average molecular weight is 504 g/mol. The highest BCUT2D eigenvalue weighted by Crippen LogP contribution is 2.50. The Labute approximate surface area is 153 Å². The third kappa shape index (κ3) is 2.11. The summed E-state index contributed by atoms with van der Waals surface area (Å²) in [5.41, 5.74) is 2.71. The fourth-order valence-corrected chi connectivity index (χ4v) is 7.19. The first-order chi connectivity index (χ1) is 10.2. The Morgan fingerprint density at radius 2 is 1.76 bits per heavy atom. The lowest BCUT2D eigenvalue weighted by Crippen LogP contribution is -2.42. The number of rotatable bonds is 0. The zero-order valence-corrected chi connectivity index (χ0v) is 16.2. The Morgan fingerprint density at radius 3 is 2.52 bits per heavy atom. The molecular weight excluding hydrogens is 486 g/mol. The summed E-state index contributed by atoms with van der Waals surface area (Å²) in [6.07, 6.45) is 7.14. The van der Waals surface area contributed by atoms with Crippen LogP contribution in [0, 0.1) is 24.9 Å². The molecule has 0 N–H and O–H groups in total. The molecular formula is C17H18I2N2. The second kappa shape index (κ2) is 4.82. The molecule has 2 saturated carbocycles. The van der Waals surface area contributed by atoms with Crippen LogP contribution in [0.2, 0.25) is 0 Å². The molecule has 4 heteroatoms. The molecule has 0 radical (unpaired) electrons. The van der Waals surface area contributed by atoms with Gasteiger partial charge in [0.2, 0.25) is 0 Å². The highest BCUT2D eigenvalue weighted by Gasteiger charge is 2.46. The Balaban J connectivity index is 1.66. The van der Waals surface area contributed by atoms with Gasteiger partial charge in [0.15, 0.2) is 0 Å². The van der Waals surface area contributed by atoms with Gasteiger partial charge in [0, 0.05) is 31.2 Å². The average Bonchev–Trinajstić information content (AvgIpc) is 2.59. The number of benzene rings is 1. The van der Waals surface area contributed by atoms with E-state index in [0.29, 0.717) is 0 Å². The Hall–Kier alpha value is 0.150. The molecule has 2 nitrogen and oxygen atoms in total. The summed E-state index contributed by atoms with van der Waals surface area (Å²) in [5, 5.41) is 0. The zero-order valence-electron chi connectivity index (χ0n) is 11.9. The van der Waals surface area contributed by atoms with E-state index in [0.717, 1.165) is 30.3 Å². The van der Waals surface area contributed by atoms with Gasteiger partial charge < -0.3 is 4.90 Å². The van der Waals surface area contributed by atoms with Crippen molar-refractivity contribution in [3.05, 3.63) is 24.8 Å². The van der Waals surface area contributed by atoms with Crippen LogP contribution in [-0.4, -0.2) is 16.8 Å². The molecule has 4 bridgehead atoms. The van der Waals surface area contributed by atoms with Crippen molar-refractivity contribution >= 4 is 56.7 Å². The number of fused-ring (bicyclic) bond motifs is 1. The van der Waals surface area contributed by atoms with Gasteiger partial charge in [-0.25, -0.2) is 4.99 Å². The second-order valence-corrected chi connectivity index (χ2v) is 9.65. The summed E-state index contributed by atoms with van der Waals surface area (Å²) in [6.45, 7) is 1.10. The molecule has 2 aliphatic carbocycles. The van der Waals surface area contributed by atoms with Gasteiger partial charge in [-0.15, -0.1) is 0 Å². The molecule has 110 valence electrons. The van der Waals surface area contributed by atoms with E-state index in [1.165, 1.54) is 56.3 Å². The van der Waals surface area contributed by atoms with Gasteiger partial charge in [0.05, 0.1) is 5.69 Å². The normalized spacial score (nSPS) is 36.1. The molecule has 0 amide bonds. The fraction of sp³-hybridized carbons (Fsp3) is 0.588. The summed E-state index contributed by atoms with van der Waals surface area (Å²) in [5.74, 6) is 4.13. The molecule has 21 heavy (non-hydrogen) atoms. The highest BCUT2D eigenvalue weighted by atomic mass is 127. The lowest BCUT2D eigenvalue weighted by Gasteiger charge is -2.39. The van der Waals surface area contributed by atoms with Gasteiger partial charge in [0.1, 0.15) is 5.84 Å². The minimum atomic E-state index is 0.741. The van der Waals surface area contributed by atoms with Gasteiger partial charge in [-0.1, -0.05) is 0 Å².